The summed E-state index contributed by atoms with van der Waals surface area (Å²) in [6, 6.07) is 1.12. The van der Waals surface area contributed by atoms with Crippen LogP contribution in [0.3, 0.4) is 0 Å². The fraction of sp³-hybridized carbons (Fsp3) is 0.667. The van der Waals surface area contributed by atoms with Gasteiger partial charge in [0, 0.05) is 6.07 Å². The lowest BCUT2D eigenvalue weighted by molar-refractivity contribution is -0.149. The van der Waals surface area contributed by atoms with Crippen LogP contribution in [0.2, 0.25) is 0 Å². The van der Waals surface area contributed by atoms with Crippen molar-refractivity contribution in [1.82, 2.24) is 15.4 Å². The number of nitrogens with one attached hydrogen (secondary N) is 1. The molecule has 1 aromatic rings. The van der Waals surface area contributed by atoms with Crippen LogP contribution in [0.25, 0.3) is 0 Å². The zero-order valence-corrected chi connectivity index (χ0v) is 15.6. The molecule has 142 valence electrons. The number of amides is 3. The van der Waals surface area contributed by atoms with E-state index in [-0.39, 0.29) is 17.9 Å². The molecule has 2 heterocycles. The van der Waals surface area contributed by atoms with Gasteiger partial charge in [-0.3, -0.25) is 14.5 Å². The predicted molar refractivity (Wildman–Crippen MR) is 90.8 cm³/mol. The highest BCUT2D eigenvalue weighted by atomic mass is 16.5. The van der Waals surface area contributed by atoms with E-state index in [9.17, 15) is 14.4 Å². The van der Waals surface area contributed by atoms with Crippen molar-refractivity contribution in [2.75, 3.05) is 6.54 Å². The van der Waals surface area contributed by atoms with Crippen LogP contribution in [-0.2, 0) is 20.9 Å². The topological polar surface area (TPSA) is 102 Å². The second-order valence-electron chi connectivity index (χ2n) is 8.35. The van der Waals surface area contributed by atoms with Crippen molar-refractivity contribution in [2.24, 2.45) is 11.3 Å². The van der Waals surface area contributed by atoms with Crippen molar-refractivity contribution >= 4 is 17.9 Å². The summed E-state index contributed by atoms with van der Waals surface area (Å²) >= 11 is 0. The molecule has 8 nitrogen and oxygen atoms in total. The van der Waals surface area contributed by atoms with Crippen LogP contribution >= 0.6 is 0 Å². The lowest BCUT2D eigenvalue weighted by atomic mass is 9.64. The Morgan fingerprint density at radius 2 is 2.15 bits per heavy atom. The summed E-state index contributed by atoms with van der Waals surface area (Å²) in [6.07, 6.45) is 2.15. The van der Waals surface area contributed by atoms with E-state index >= 15 is 0 Å². The SMILES string of the molecule is Cc1cc(COC(=O)CN2C(=O)N[C@]3(C[C@@H](C)CC(C)(C)C3)C2=O)no1. The Bertz CT molecular complexity index is 741. The molecule has 1 aliphatic carbocycles. The smallest absolute Gasteiger partial charge is 0.326 e. The molecule has 0 bridgehead atoms. The summed E-state index contributed by atoms with van der Waals surface area (Å²) in [4.78, 5) is 38.3. The Kier molecular flexibility index (Phi) is 4.54. The number of imide groups is 1. The molecule has 2 atom stereocenters. The number of esters is 1. The lowest BCUT2D eigenvalue weighted by Crippen LogP contribution is -2.54. The van der Waals surface area contributed by atoms with Crippen LogP contribution in [-0.4, -0.2) is 40.0 Å². The van der Waals surface area contributed by atoms with Crippen molar-refractivity contribution in [1.29, 1.82) is 0 Å². The maximum absolute atomic E-state index is 12.9. The fourth-order valence-electron chi connectivity index (χ4n) is 4.46. The van der Waals surface area contributed by atoms with E-state index in [1.54, 1.807) is 13.0 Å². The maximum atomic E-state index is 12.9. The number of rotatable bonds is 4. The van der Waals surface area contributed by atoms with E-state index in [0.29, 0.717) is 30.2 Å². The van der Waals surface area contributed by atoms with Gasteiger partial charge in [-0.15, -0.1) is 0 Å². The van der Waals surface area contributed by atoms with Gasteiger partial charge in [-0.05, 0) is 37.5 Å². The molecule has 8 heteroatoms. The molecular formula is C18H25N3O5. The van der Waals surface area contributed by atoms with Crippen molar-refractivity contribution in [3.8, 4) is 0 Å². The second-order valence-corrected chi connectivity index (χ2v) is 8.35. The van der Waals surface area contributed by atoms with E-state index in [4.69, 9.17) is 9.26 Å². The molecule has 2 fully saturated rings. The number of hydrogen-bond acceptors (Lipinski definition) is 6. The second kappa shape index (κ2) is 6.41. The van der Waals surface area contributed by atoms with Crippen LogP contribution in [0, 0.1) is 18.3 Å². The summed E-state index contributed by atoms with van der Waals surface area (Å²) < 4.78 is 10.0. The molecule has 1 saturated carbocycles. The molecule has 1 saturated heterocycles. The lowest BCUT2D eigenvalue weighted by Gasteiger charge is -2.43. The molecular weight excluding hydrogens is 338 g/mol. The maximum Gasteiger partial charge on any atom is 0.326 e. The molecule has 0 unspecified atom stereocenters. The van der Waals surface area contributed by atoms with Gasteiger partial charge in [-0.2, -0.15) is 0 Å². The number of urea groups is 1. The number of carbonyl (C=O) groups is 3. The summed E-state index contributed by atoms with van der Waals surface area (Å²) in [5.41, 5.74) is -0.490. The summed E-state index contributed by atoms with van der Waals surface area (Å²) in [5, 5.41) is 6.57. The fourth-order valence-corrected chi connectivity index (χ4v) is 4.46. The minimum Gasteiger partial charge on any atom is -0.458 e. The van der Waals surface area contributed by atoms with Crippen LogP contribution in [0.1, 0.15) is 51.5 Å². The molecule has 26 heavy (non-hydrogen) atoms. The Hall–Kier alpha value is -2.38. The van der Waals surface area contributed by atoms with E-state index in [0.717, 1.165) is 11.3 Å². The monoisotopic (exact) mass is 363 g/mol. The largest absolute Gasteiger partial charge is 0.458 e. The van der Waals surface area contributed by atoms with Crippen molar-refractivity contribution in [2.45, 2.75) is 59.1 Å². The third kappa shape index (κ3) is 3.59. The number of aromatic nitrogens is 1. The third-order valence-electron chi connectivity index (χ3n) is 4.97. The predicted octanol–water partition coefficient (Wildman–Crippen LogP) is 2.16. The van der Waals surface area contributed by atoms with Gasteiger partial charge in [-0.1, -0.05) is 25.9 Å². The van der Waals surface area contributed by atoms with Crippen molar-refractivity contribution in [3.05, 3.63) is 17.5 Å². The van der Waals surface area contributed by atoms with Crippen LogP contribution in [0.5, 0.6) is 0 Å². The molecule has 2 aliphatic rings. The first-order valence-electron chi connectivity index (χ1n) is 8.82. The van der Waals surface area contributed by atoms with Crippen LogP contribution < -0.4 is 5.32 Å². The zero-order chi connectivity index (χ0) is 19.1. The molecule has 1 spiro atoms. The van der Waals surface area contributed by atoms with Gasteiger partial charge in [0.25, 0.3) is 5.91 Å². The van der Waals surface area contributed by atoms with Gasteiger partial charge in [0.2, 0.25) is 0 Å². The number of aryl methyl sites for hydroxylation is 1. The van der Waals surface area contributed by atoms with E-state index in [2.05, 4.69) is 31.2 Å². The van der Waals surface area contributed by atoms with Gasteiger partial charge < -0.3 is 14.6 Å². The van der Waals surface area contributed by atoms with Gasteiger partial charge in [-0.25, -0.2) is 4.79 Å². The highest BCUT2D eigenvalue weighted by molar-refractivity contribution is 6.08. The molecule has 3 rings (SSSR count). The minimum absolute atomic E-state index is 0.0536. The molecule has 1 aromatic heterocycles. The number of ether oxygens (including phenoxy) is 1. The average molecular weight is 363 g/mol. The van der Waals surface area contributed by atoms with Gasteiger partial charge in [0.1, 0.15) is 30.1 Å². The number of hydrogen-bond donors (Lipinski definition) is 1. The van der Waals surface area contributed by atoms with Gasteiger partial charge >= 0.3 is 12.0 Å². The average Bonchev–Trinajstić information content (AvgIpc) is 3.00. The van der Waals surface area contributed by atoms with Crippen molar-refractivity contribution in [3.63, 3.8) is 0 Å². The zero-order valence-electron chi connectivity index (χ0n) is 15.6. The summed E-state index contributed by atoms with van der Waals surface area (Å²) in [6.45, 7) is 7.55. The normalized spacial score (nSPS) is 27.7. The minimum atomic E-state index is -0.915. The Balaban J connectivity index is 1.64. The summed E-state index contributed by atoms with van der Waals surface area (Å²) in [7, 11) is 0. The third-order valence-corrected chi connectivity index (χ3v) is 4.97. The quantitative estimate of drug-likeness (QED) is 0.650. The van der Waals surface area contributed by atoms with Gasteiger partial charge in [0.15, 0.2) is 0 Å². The summed E-state index contributed by atoms with van der Waals surface area (Å²) in [5.74, 6) is -0.0721. The van der Waals surface area contributed by atoms with Crippen LogP contribution in [0.4, 0.5) is 4.79 Å². The molecule has 1 aliphatic heterocycles. The molecule has 3 amide bonds. The number of nitrogens with zero attached hydrogens (tertiary/aromatic N) is 2. The van der Waals surface area contributed by atoms with Crippen molar-refractivity contribution < 1.29 is 23.6 Å². The van der Waals surface area contributed by atoms with Gasteiger partial charge in [0.05, 0.1) is 0 Å². The Morgan fingerprint density at radius 1 is 1.42 bits per heavy atom. The Labute approximate surface area is 152 Å². The molecule has 0 aromatic carbocycles. The first kappa shape index (κ1) is 18.4. The molecule has 0 radical (unpaired) electrons. The molecule has 1 N–H and O–H groups in total. The number of carbonyl (C=O) groups excluding carboxylic acids is 3. The van der Waals surface area contributed by atoms with E-state index < -0.39 is 24.1 Å². The Morgan fingerprint density at radius 3 is 2.77 bits per heavy atom. The van der Waals surface area contributed by atoms with Crippen LogP contribution in [0.15, 0.2) is 10.6 Å². The van der Waals surface area contributed by atoms with E-state index in [1.807, 2.05) is 0 Å². The van der Waals surface area contributed by atoms with E-state index in [1.165, 1.54) is 0 Å². The standard InChI is InChI=1S/C18H25N3O5/c1-11-6-17(3,4)10-18(7-11)15(23)21(16(24)19-18)8-14(22)25-9-13-5-12(2)26-20-13/h5,11H,6-10H2,1-4H3,(H,19,24)/t11-,18-/m0/s1. The highest BCUT2D eigenvalue weighted by Crippen LogP contribution is 2.46. The first-order chi connectivity index (χ1) is 12.1. The first-order valence-corrected chi connectivity index (χ1v) is 8.82. The highest BCUT2D eigenvalue weighted by Gasteiger charge is 2.56.